The molecule has 5 heteroatoms. The van der Waals surface area contributed by atoms with Crippen molar-refractivity contribution in [3.05, 3.63) is 58.5 Å². The number of halogens is 3. The first-order chi connectivity index (χ1) is 7.61. The van der Waals surface area contributed by atoms with Crippen LogP contribution in [0.15, 0.2) is 34.9 Å². The van der Waals surface area contributed by atoms with Crippen molar-refractivity contribution in [2.45, 2.75) is 0 Å². The molecule has 0 saturated carbocycles. The molecule has 2 rings (SSSR count). The first-order valence-electron chi connectivity index (χ1n) is 4.33. The molecule has 0 fully saturated rings. The highest BCUT2D eigenvalue weighted by Crippen LogP contribution is 2.23. The molecule has 0 bridgehead atoms. The normalized spacial score (nSPS) is 10.4. The highest BCUT2D eigenvalue weighted by atomic mass is 35.5. The Balaban J connectivity index is 2.54. The van der Waals surface area contributed by atoms with E-state index in [9.17, 15) is 13.6 Å². The quantitative estimate of drug-likeness (QED) is 0.755. The molecule has 0 aliphatic heterocycles. The summed E-state index contributed by atoms with van der Waals surface area (Å²) in [6, 6.07) is 4.45. The fraction of sp³-hybridized carbons (Fsp3) is 0. The Morgan fingerprint density at radius 1 is 1.19 bits per heavy atom. The van der Waals surface area contributed by atoms with Gasteiger partial charge in [0.15, 0.2) is 0 Å². The van der Waals surface area contributed by atoms with E-state index in [4.69, 9.17) is 11.6 Å². The van der Waals surface area contributed by atoms with Crippen molar-refractivity contribution in [3.8, 4) is 0 Å². The molecule has 0 atom stereocenters. The maximum atomic E-state index is 13.3. The van der Waals surface area contributed by atoms with Crippen molar-refractivity contribution in [2.75, 3.05) is 0 Å². The van der Waals surface area contributed by atoms with Crippen LogP contribution in [-0.2, 0) is 0 Å². The Hall–Kier alpha value is -1.68. The lowest BCUT2D eigenvalue weighted by atomic mass is 10.1. The van der Waals surface area contributed by atoms with Crippen molar-refractivity contribution in [2.24, 2.45) is 0 Å². The van der Waals surface area contributed by atoms with E-state index in [1.165, 1.54) is 18.4 Å². The molecule has 2 nitrogen and oxygen atoms in total. The van der Waals surface area contributed by atoms with Crippen LogP contribution in [0.5, 0.6) is 0 Å². The molecule has 0 amide bonds. The third kappa shape index (κ3) is 1.72. The number of rotatable bonds is 2. The van der Waals surface area contributed by atoms with Gasteiger partial charge in [0.05, 0.1) is 17.4 Å². The number of carbonyl (C=O) groups excluding carboxylic acids is 1. The summed E-state index contributed by atoms with van der Waals surface area (Å²) in [6.07, 6.45) is 1.17. The topological polar surface area (TPSA) is 30.2 Å². The number of hydrogen-bond acceptors (Lipinski definition) is 2. The van der Waals surface area contributed by atoms with Gasteiger partial charge >= 0.3 is 0 Å². The van der Waals surface area contributed by atoms with Gasteiger partial charge in [-0.1, -0.05) is 6.07 Å². The monoisotopic (exact) mass is 242 g/mol. The Morgan fingerprint density at radius 3 is 2.31 bits per heavy atom. The summed E-state index contributed by atoms with van der Waals surface area (Å²) in [7, 11) is 0. The fourth-order valence-corrected chi connectivity index (χ4v) is 1.51. The molecule has 2 aromatic rings. The Kier molecular flexibility index (Phi) is 2.75. The first kappa shape index (κ1) is 10.8. The summed E-state index contributed by atoms with van der Waals surface area (Å²) in [6.45, 7) is 0. The van der Waals surface area contributed by atoms with Crippen molar-refractivity contribution in [3.63, 3.8) is 0 Å². The highest BCUT2D eigenvalue weighted by molar-refractivity contribution is 6.33. The van der Waals surface area contributed by atoms with E-state index < -0.39 is 23.0 Å². The fourth-order valence-electron chi connectivity index (χ4n) is 1.31. The van der Waals surface area contributed by atoms with E-state index >= 15 is 0 Å². The van der Waals surface area contributed by atoms with Crippen LogP contribution in [0, 0.1) is 11.6 Å². The van der Waals surface area contributed by atoms with Crippen LogP contribution in [0.2, 0.25) is 5.22 Å². The molecular formula is C11H5ClF2O2. The van der Waals surface area contributed by atoms with E-state index in [1.807, 2.05) is 0 Å². The third-order valence-corrected chi connectivity index (χ3v) is 2.35. The Morgan fingerprint density at radius 2 is 1.81 bits per heavy atom. The summed E-state index contributed by atoms with van der Waals surface area (Å²) in [5, 5.41) is -0.187. The highest BCUT2D eigenvalue weighted by Gasteiger charge is 2.22. The first-order valence-corrected chi connectivity index (χ1v) is 4.70. The van der Waals surface area contributed by atoms with E-state index in [1.54, 1.807) is 0 Å². The van der Waals surface area contributed by atoms with E-state index in [0.29, 0.717) is 0 Å². The van der Waals surface area contributed by atoms with Gasteiger partial charge in [-0.05, 0) is 29.8 Å². The van der Waals surface area contributed by atoms with Crippen molar-refractivity contribution in [1.29, 1.82) is 0 Å². The molecule has 0 aliphatic rings. The molecule has 16 heavy (non-hydrogen) atoms. The average molecular weight is 243 g/mol. The lowest BCUT2D eigenvalue weighted by Crippen LogP contribution is -2.06. The molecule has 0 unspecified atom stereocenters. The standard InChI is InChI=1S/C11H5ClF2O2/c12-11-6(4-5-16-11)10(15)9-7(13)2-1-3-8(9)14/h1-5H. The molecular weight excluding hydrogens is 238 g/mol. The third-order valence-electron chi connectivity index (χ3n) is 2.05. The summed E-state index contributed by atoms with van der Waals surface area (Å²) >= 11 is 5.56. The number of hydrogen-bond donors (Lipinski definition) is 0. The second-order valence-corrected chi connectivity index (χ2v) is 3.38. The number of furan rings is 1. The van der Waals surface area contributed by atoms with Gasteiger partial charge in [0.1, 0.15) is 11.6 Å². The molecule has 0 saturated heterocycles. The minimum absolute atomic E-state index is 0.0642. The molecule has 0 radical (unpaired) electrons. The predicted molar refractivity (Wildman–Crippen MR) is 53.5 cm³/mol. The van der Waals surface area contributed by atoms with Crippen LogP contribution in [0.3, 0.4) is 0 Å². The average Bonchev–Trinajstić information content (AvgIpc) is 2.64. The van der Waals surface area contributed by atoms with Crippen LogP contribution in [0.1, 0.15) is 15.9 Å². The van der Waals surface area contributed by atoms with E-state index in [-0.39, 0.29) is 10.8 Å². The summed E-state index contributed by atoms with van der Waals surface area (Å²) < 4.78 is 31.3. The van der Waals surface area contributed by atoms with Crippen LogP contribution in [-0.4, -0.2) is 5.78 Å². The number of ketones is 1. The second kappa shape index (κ2) is 4.06. The molecule has 1 aromatic heterocycles. The van der Waals surface area contributed by atoms with Gasteiger partial charge in [0.2, 0.25) is 11.0 Å². The van der Waals surface area contributed by atoms with Gasteiger partial charge < -0.3 is 4.42 Å². The summed E-state index contributed by atoms with van der Waals surface area (Å²) in [5.41, 5.74) is -0.698. The molecule has 0 N–H and O–H groups in total. The molecule has 1 aromatic carbocycles. The van der Waals surface area contributed by atoms with Gasteiger partial charge in [-0.3, -0.25) is 4.79 Å². The van der Waals surface area contributed by atoms with Crippen LogP contribution >= 0.6 is 11.6 Å². The smallest absolute Gasteiger partial charge is 0.204 e. The van der Waals surface area contributed by atoms with Gasteiger partial charge in [-0.15, -0.1) is 0 Å². The van der Waals surface area contributed by atoms with E-state index in [2.05, 4.69) is 4.42 Å². The SMILES string of the molecule is O=C(c1ccoc1Cl)c1c(F)cccc1F. The summed E-state index contributed by atoms with van der Waals surface area (Å²) in [4.78, 5) is 11.7. The maximum absolute atomic E-state index is 13.3. The van der Waals surface area contributed by atoms with E-state index in [0.717, 1.165) is 12.1 Å². The lowest BCUT2D eigenvalue weighted by molar-refractivity contribution is 0.103. The molecule has 82 valence electrons. The lowest BCUT2D eigenvalue weighted by Gasteiger charge is -2.01. The molecule has 1 heterocycles. The van der Waals surface area contributed by atoms with Crippen molar-refractivity contribution >= 4 is 17.4 Å². The van der Waals surface area contributed by atoms with Gasteiger partial charge in [0.25, 0.3) is 0 Å². The molecule has 0 aliphatic carbocycles. The predicted octanol–water partition coefficient (Wildman–Crippen LogP) is 3.44. The van der Waals surface area contributed by atoms with Crippen LogP contribution < -0.4 is 0 Å². The zero-order valence-electron chi connectivity index (χ0n) is 7.84. The van der Waals surface area contributed by atoms with Crippen LogP contribution in [0.25, 0.3) is 0 Å². The van der Waals surface area contributed by atoms with Gasteiger partial charge in [-0.2, -0.15) is 0 Å². The van der Waals surface area contributed by atoms with Crippen molar-refractivity contribution < 1.29 is 18.0 Å². The van der Waals surface area contributed by atoms with Gasteiger partial charge in [0, 0.05) is 0 Å². The van der Waals surface area contributed by atoms with Crippen LogP contribution in [0.4, 0.5) is 8.78 Å². The Labute approximate surface area is 94.4 Å². The molecule has 0 spiro atoms. The maximum Gasteiger partial charge on any atom is 0.204 e. The minimum atomic E-state index is -0.928. The number of benzene rings is 1. The van der Waals surface area contributed by atoms with Gasteiger partial charge in [-0.25, -0.2) is 8.78 Å². The number of carbonyl (C=O) groups is 1. The minimum Gasteiger partial charge on any atom is -0.452 e. The Bertz CT molecular complexity index is 528. The zero-order chi connectivity index (χ0) is 11.7. The zero-order valence-corrected chi connectivity index (χ0v) is 8.59. The summed E-state index contributed by atoms with van der Waals surface area (Å²) in [5.74, 6) is -2.70. The second-order valence-electron chi connectivity index (χ2n) is 3.03. The largest absolute Gasteiger partial charge is 0.452 e. The van der Waals surface area contributed by atoms with Crippen molar-refractivity contribution in [1.82, 2.24) is 0 Å².